The van der Waals surface area contributed by atoms with E-state index in [1.54, 1.807) is 62.3 Å². The molecule has 4 heterocycles. The SMILES string of the molecule is C1CCOC1.CC1CC(C)CN(CCCOc2ccc(C(=O)Cl)cc2)C1.CNC.C[C@@H]1C[C@H](C)CN(CCCOc2ccc(C(=O)N(C)C)cc2)C1.C[C@H]1C[C@H](C)CN(CCCOc2ccc(C(=O)N(C)C)cc2)C1. The Morgan fingerprint density at radius 3 is 0.960 bits per heavy atom. The highest BCUT2D eigenvalue weighted by Gasteiger charge is 2.23. The third kappa shape index (κ3) is 27.6. The Balaban J connectivity index is 0.000000275. The van der Waals surface area contributed by atoms with E-state index in [0.29, 0.717) is 23.3 Å². The molecule has 0 aromatic heterocycles. The summed E-state index contributed by atoms with van der Waals surface area (Å²) in [6.07, 6.45) is 9.71. The summed E-state index contributed by atoms with van der Waals surface area (Å²) in [5.74, 6) is 7.32. The lowest BCUT2D eigenvalue weighted by atomic mass is 9.92. The fraction of sp³-hybridized carbons (Fsp3) is 0.656. The topological polar surface area (TPSA) is 116 Å². The number of piperidine rings is 3. The van der Waals surface area contributed by atoms with E-state index in [1.807, 2.05) is 62.6 Å². The van der Waals surface area contributed by atoms with E-state index in [2.05, 4.69) is 61.6 Å². The summed E-state index contributed by atoms with van der Waals surface area (Å²) < 4.78 is 22.2. The molecule has 2 amide bonds. The molecule has 422 valence electrons. The first-order chi connectivity index (χ1) is 35.9. The number of benzene rings is 3. The van der Waals surface area contributed by atoms with Gasteiger partial charge in [-0.3, -0.25) is 14.4 Å². The number of hydrogen-bond donors (Lipinski definition) is 1. The Morgan fingerprint density at radius 2 is 0.747 bits per heavy atom. The molecule has 0 radical (unpaired) electrons. The maximum absolute atomic E-state index is 11.8. The van der Waals surface area contributed by atoms with Crippen LogP contribution < -0.4 is 19.5 Å². The Hall–Kier alpha value is -4.24. The molecule has 2 unspecified atom stereocenters. The molecule has 0 aliphatic carbocycles. The van der Waals surface area contributed by atoms with E-state index >= 15 is 0 Å². The lowest BCUT2D eigenvalue weighted by Gasteiger charge is -2.34. The van der Waals surface area contributed by atoms with Gasteiger partial charge in [-0.25, -0.2) is 0 Å². The van der Waals surface area contributed by atoms with Crippen molar-refractivity contribution < 1.29 is 33.3 Å². The smallest absolute Gasteiger partial charge is 0.253 e. The average Bonchev–Trinajstić information content (AvgIpc) is 3.97. The molecule has 75 heavy (non-hydrogen) atoms. The van der Waals surface area contributed by atoms with Crippen molar-refractivity contribution >= 4 is 28.7 Å². The number of amides is 2. The van der Waals surface area contributed by atoms with Crippen LogP contribution in [-0.4, -0.2) is 176 Å². The van der Waals surface area contributed by atoms with Crippen molar-refractivity contribution in [2.24, 2.45) is 35.5 Å². The number of halogens is 1. The van der Waals surface area contributed by atoms with Crippen LogP contribution in [0.25, 0.3) is 0 Å². The van der Waals surface area contributed by atoms with Gasteiger partial charge in [-0.2, -0.15) is 0 Å². The molecule has 4 aliphatic rings. The van der Waals surface area contributed by atoms with Gasteiger partial charge in [0.15, 0.2) is 0 Å². The highest BCUT2D eigenvalue weighted by Crippen LogP contribution is 2.24. The van der Waals surface area contributed by atoms with Gasteiger partial charge < -0.3 is 48.8 Å². The molecular weight excluding hydrogens is 964 g/mol. The Labute approximate surface area is 459 Å². The molecule has 7 rings (SSSR count). The zero-order valence-corrected chi connectivity index (χ0v) is 49.2. The molecule has 13 nitrogen and oxygen atoms in total. The Bertz CT molecular complexity index is 1870. The highest BCUT2D eigenvalue weighted by atomic mass is 35.5. The molecule has 4 aliphatic heterocycles. The molecule has 0 saturated carbocycles. The van der Waals surface area contributed by atoms with Crippen LogP contribution in [0.5, 0.6) is 17.2 Å². The minimum atomic E-state index is -0.435. The van der Waals surface area contributed by atoms with Crippen LogP contribution in [0, 0.1) is 35.5 Å². The summed E-state index contributed by atoms with van der Waals surface area (Å²) >= 11 is 5.41. The number of carbonyl (C=O) groups excluding carboxylic acids is 3. The molecular formula is C61H99ClN6O7. The van der Waals surface area contributed by atoms with Gasteiger partial charge in [-0.15, -0.1) is 0 Å². The van der Waals surface area contributed by atoms with Gasteiger partial charge in [0.05, 0.1) is 19.8 Å². The van der Waals surface area contributed by atoms with E-state index in [0.717, 1.165) is 118 Å². The van der Waals surface area contributed by atoms with Crippen LogP contribution in [0.1, 0.15) is 124 Å². The van der Waals surface area contributed by atoms with Crippen LogP contribution in [0.2, 0.25) is 0 Å². The van der Waals surface area contributed by atoms with Crippen molar-refractivity contribution in [1.82, 2.24) is 29.8 Å². The van der Waals surface area contributed by atoms with E-state index in [9.17, 15) is 14.4 Å². The largest absolute Gasteiger partial charge is 0.494 e. The predicted octanol–water partition coefficient (Wildman–Crippen LogP) is 10.7. The zero-order chi connectivity index (χ0) is 55.1. The summed E-state index contributed by atoms with van der Waals surface area (Å²) in [6, 6.07) is 21.8. The van der Waals surface area contributed by atoms with E-state index in [-0.39, 0.29) is 11.8 Å². The minimum absolute atomic E-state index is 0.0184. The van der Waals surface area contributed by atoms with Crippen molar-refractivity contribution in [3.63, 3.8) is 0 Å². The number of carbonyl (C=O) groups is 3. The number of ether oxygens (including phenoxy) is 4. The second kappa shape index (κ2) is 36.7. The molecule has 6 atom stereocenters. The van der Waals surface area contributed by atoms with Gasteiger partial charge in [-0.1, -0.05) is 41.5 Å². The van der Waals surface area contributed by atoms with Gasteiger partial charge in [-0.05, 0) is 185 Å². The molecule has 0 spiro atoms. The lowest BCUT2D eigenvalue weighted by Crippen LogP contribution is -2.39. The van der Waals surface area contributed by atoms with Crippen LogP contribution in [0.3, 0.4) is 0 Å². The van der Waals surface area contributed by atoms with Crippen LogP contribution in [0.15, 0.2) is 72.8 Å². The molecule has 4 fully saturated rings. The van der Waals surface area contributed by atoms with Gasteiger partial charge in [0.1, 0.15) is 17.2 Å². The van der Waals surface area contributed by atoms with E-state index in [1.165, 1.54) is 71.4 Å². The highest BCUT2D eigenvalue weighted by molar-refractivity contribution is 6.67. The van der Waals surface area contributed by atoms with E-state index in [4.69, 9.17) is 30.5 Å². The monoisotopic (exact) mass is 1060 g/mol. The third-order valence-electron chi connectivity index (χ3n) is 13.4. The van der Waals surface area contributed by atoms with E-state index < -0.39 is 5.24 Å². The summed E-state index contributed by atoms with van der Waals surface area (Å²) in [5.41, 5.74) is 1.89. The second-order valence-corrected chi connectivity index (χ2v) is 22.6. The number of hydrogen-bond acceptors (Lipinski definition) is 11. The van der Waals surface area contributed by atoms with Crippen LogP contribution in [-0.2, 0) is 4.74 Å². The maximum Gasteiger partial charge on any atom is 0.253 e. The van der Waals surface area contributed by atoms with Gasteiger partial charge >= 0.3 is 0 Å². The molecule has 4 saturated heterocycles. The lowest BCUT2D eigenvalue weighted by molar-refractivity contribution is 0.0820. The fourth-order valence-electron chi connectivity index (χ4n) is 10.5. The fourth-order valence-corrected chi connectivity index (χ4v) is 10.6. The van der Waals surface area contributed by atoms with Crippen molar-refractivity contribution in [3.8, 4) is 17.2 Å². The number of nitrogens with one attached hydrogen (secondary N) is 1. The molecule has 3 aromatic carbocycles. The van der Waals surface area contributed by atoms with Gasteiger partial charge in [0.25, 0.3) is 17.1 Å². The predicted molar refractivity (Wildman–Crippen MR) is 309 cm³/mol. The molecule has 0 bridgehead atoms. The zero-order valence-electron chi connectivity index (χ0n) is 48.4. The van der Waals surface area contributed by atoms with Crippen molar-refractivity contribution in [1.29, 1.82) is 0 Å². The van der Waals surface area contributed by atoms with Crippen molar-refractivity contribution in [3.05, 3.63) is 89.5 Å². The van der Waals surface area contributed by atoms with Gasteiger partial charge in [0, 0.05) is 117 Å². The number of nitrogens with zero attached hydrogens (tertiary/aromatic N) is 5. The normalized spacial score (nSPS) is 21.7. The molecule has 14 heteroatoms. The quantitative estimate of drug-likeness (QED) is 0.0970. The first kappa shape index (κ1) is 65.0. The summed E-state index contributed by atoms with van der Waals surface area (Å²) in [6.45, 7) is 28.7. The van der Waals surface area contributed by atoms with Crippen LogP contribution in [0.4, 0.5) is 0 Å². The van der Waals surface area contributed by atoms with Crippen LogP contribution >= 0.6 is 11.6 Å². The standard InChI is InChI=1S/2C19H30N2O2.C17H24ClNO2.C4H8O.C2H7N/c2*1-15-12-16(2)14-21(13-15)10-5-11-23-18-8-6-17(7-9-18)19(22)20(3)4;1-13-10-14(2)12-19(11-13)8-3-9-21-16-6-4-15(5-7-16)17(18)20;1-2-4-5-3-1;1-3-2/h2*6-9,15-16H,5,10-14H2,1-4H3;4-7,13-14H,3,8-12H2,1-2H3;1-4H2;3H,1-2H3/t15-,16+;15-,16-;;;/m.0.../s1. The molecule has 3 aromatic rings. The summed E-state index contributed by atoms with van der Waals surface area (Å²) in [4.78, 5) is 45.4. The minimum Gasteiger partial charge on any atom is -0.494 e. The maximum atomic E-state index is 11.8. The van der Waals surface area contributed by atoms with Gasteiger partial charge in [0.2, 0.25) is 0 Å². The van der Waals surface area contributed by atoms with Crippen molar-refractivity contribution in [2.45, 2.75) is 92.9 Å². The molecule has 1 N–H and O–H groups in total. The Kier molecular flexibility index (Phi) is 31.9. The number of likely N-dealkylation sites (tertiary alicyclic amines) is 3. The average molecular weight is 1060 g/mol. The summed E-state index contributed by atoms with van der Waals surface area (Å²) in [7, 11) is 10.8. The first-order valence-corrected chi connectivity index (χ1v) is 28.4. The first-order valence-electron chi connectivity index (χ1n) is 28.0. The second-order valence-electron chi connectivity index (χ2n) is 22.3. The number of rotatable bonds is 18. The summed E-state index contributed by atoms with van der Waals surface area (Å²) in [5, 5.41) is 2.31. The Morgan fingerprint density at radius 1 is 0.493 bits per heavy atom. The van der Waals surface area contributed by atoms with Crippen molar-refractivity contribution in [2.75, 3.05) is 134 Å². The third-order valence-corrected chi connectivity index (χ3v) is 13.6.